The van der Waals surface area contributed by atoms with Crippen molar-refractivity contribution in [2.24, 2.45) is 11.8 Å². The Morgan fingerprint density at radius 2 is 1.89 bits per heavy atom. The molecule has 1 N–H and O–H groups in total. The molecule has 1 aromatic heterocycles. The van der Waals surface area contributed by atoms with Crippen molar-refractivity contribution in [2.75, 3.05) is 6.54 Å². The fraction of sp³-hybridized carbons (Fsp3) is 0.615. The number of H-pyrrole nitrogens is 1. The van der Waals surface area contributed by atoms with Gasteiger partial charge in [0.15, 0.2) is 0 Å². The van der Waals surface area contributed by atoms with Crippen LogP contribution in [0.15, 0.2) is 6.20 Å². The number of imide groups is 1. The van der Waals surface area contributed by atoms with E-state index in [0.717, 1.165) is 24.1 Å². The summed E-state index contributed by atoms with van der Waals surface area (Å²) in [6.45, 7) is 6.13. The molecule has 1 aliphatic heterocycles. The molecule has 2 unspecified atom stereocenters. The predicted molar refractivity (Wildman–Crippen MR) is 66.7 cm³/mol. The zero-order valence-electron chi connectivity index (χ0n) is 11.1. The summed E-state index contributed by atoms with van der Waals surface area (Å²) in [6.07, 6.45) is 3.42. The van der Waals surface area contributed by atoms with E-state index in [1.807, 2.05) is 20.8 Å². The van der Waals surface area contributed by atoms with Crippen LogP contribution in [0.3, 0.4) is 0 Å². The highest BCUT2D eigenvalue weighted by Gasteiger charge is 2.41. The van der Waals surface area contributed by atoms with Crippen molar-refractivity contribution in [3.63, 3.8) is 0 Å². The molecule has 1 saturated heterocycles. The number of nitrogens with one attached hydrogen (secondary N) is 1. The number of carbonyl (C=O) groups is 2. The topological polar surface area (TPSA) is 66.1 Å². The third kappa shape index (κ3) is 2.17. The first-order valence-corrected chi connectivity index (χ1v) is 6.36. The van der Waals surface area contributed by atoms with E-state index in [1.54, 1.807) is 6.20 Å². The molecule has 0 radical (unpaired) electrons. The van der Waals surface area contributed by atoms with E-state index in [1.165, 1.54) is 4.90 Å². The van der Waals surface area contributed by atoms with Gasteiger partial charge in [-0.05, 0) is 25.3 Å². The predicted octanol–water partition coefficient (Wildman–Crippen LogP) is 1.29. The number of hydrogen-bond donors (Lipinski definition) is 1. The van der Waals surface area contributed by atoms with Crippen molar-refractivity contribution >= 4 is 11.8 Å². The van der Waals surface area contributed by atoms with Gasteiger partial charge in [0.2, 0.25) is 11.8 Å². The van der Waals surface area contributed by atoms with Crippen LogP contribution in [0.5, 0.6) is 0 Å². The highest BCUT2D eigenvalue weighted by molar-refractivity contribution is 6.04. The first-order chi connectivity index (χ1) is 8.52. The SMILES string of the molecule is Cc1[nH]ncc1CCCN1C(=O)C(C)C(C)C1=O. The molecule has 0 saturated carbocycles. The number of aromatic amines is 1. The molecule has 18 heavy (non-hydrogen) atoms. The molecule has 1 aromatic rings. The van der Waals surface area contributed by atoms with Crippen LogP contribution in [-0.4, -0.2) is 33.5 Å². The normalized spacial score (nSPS) is 24.1. The lowest BCUT2D eigenvalue weighted by molar-refractivity contribution is -0.139. The molecule has 5 heteroatoms. The van der Waals surface area contributed by atoms with Gasteiger partial charge >= 0.3 is 0 Å². The largest absolute Gasteiger partial charge is 0.283 e. The average molecular weight is 249 g/mol. The van der Waals surface area contributed by atoms with Crippen LogP contribution < -0.4 is 0 Å². The standard InChI is InChI=1S/C13H19N3O2/c1-8-9(2)13(18)16(12(8)17)6-4-5-11-7-14-15-10(11)3/h7-9H,4-6H2,1-3H3,(H,14,15). The molecular formula is C13H19N3O2. The van der Waals surface area contributed by atoms with Gasteiger partial charge in [0.1, 0.15) is 0 Å². The molecule has 2 amide bonds. The summed E-state index contributed by atoms with van der Waals surface area (Å²) < 4.78 is 0. The number of aromatic nitrogens is 2. The van der Waals surface area contributed by atoms with Gasteiger partial charge < -0.3 is 0 Å². The first kappa shape index (κ1) is 12.8. The van der Waals surface area contributed by atoms with Gasteiger partial charge in [-0.15, -0.1) is 0 Å². The number of nitrogens with zero attached hydrogens (tertiary/aromatic N) is 2. The minimum Gasteiger partial charge on any atom is -0.283 e. The second-order valence-electron chi connectivity index (χ2n) is 5.03. The van der Waals surface area contributed by atoms with Gasteiger partial charge in [0.05, 0.1) is 6.20 Å². The van der Waals surface area contributed by atoms with Crippen molar-refractivity contribution in [3.8, 4) is 0 Å². The highest BCUT2D eigenvalue weighted by atomic mass is 16.2. The molecule has 0 aromatic carbocycles. The van der Waals surface area contributed by atoms with Crippen molar-refractivity contribution in [1.82, 2.24) is 15.1 Å². The summed E-state index contributed by atoms with van der Waals surface area (Å²) in [4.78, 5) is 25.2. The molecule has 98 valence electrons. The second-order valence-corrected chi connectivity index (χ2v) is 5.03. The van der Waals surface area contributed by atoms with Crippen molar-refractivity contribution in [1.29, 1.82) is 0 Å². The third-order valence-corrected chi connectivity index (χ3v) is 3.82. The van der Waals surface area contributed by atoms with Gasteiger partial charge in [0.25, 0.3) is 0 Å². The molecule has 5 nitrogen and oxygen atoms in total. The van der Waals surface area contributed by atoms with E-state index >= 15 is 0 Å². The maximum Gasteiger partial charge on any atom is 0.232 e. The Morgan fingerprint density at radius 1 is 1.28 bits per heavy atom. The van der Waals surface area contributed by atoms with Crippen LogP contribution >= 0.6 is 0 Å². The zero-order valence-corrected chi connectivity index (χ0v) is 11.1. The van der Waals surface area contributed by atoms with Gasteiger partial charge in [0, 0.05) is 24.1 Å². The minimum atomic E-state index is -0.173. The van der Waals surface area contributed by atoms with Crippen LogP contribution in [0.1, 0.15) is 31.5 Å². The average Bonchev–Trinajstić information content (AvgIpc) is 2.83. The lowest BCUT2D eigenvalue weighted by Gasteiger charge is -2.13. The van der Waals surface area contributed by atoms with Crippen LogP contribution in [0.25, 0.3) is 0 Å². The van der Waals surface area contributed by atoms with Crippen molar-refractivity contribution in [2.45, 2.75) is 33.6 Å². The van der Waals surface area contributed by atoms with Crippen LogP contribution in [0, 0.1) is 18.8 Å². The molecule has 0 spiro atoms. The summed E-state index contributed by atoms with van der Waals surface area (Å²) >= 11 is 0. The van der Waals surface area contributed by atoms with E-state index in [9.17, 15) is 9.59 Å². The Labute approximate surface area is 107 Å². The number of hydrogen-bond acceptors (Lipinski definition) is 3. The zero-order chi connectivity index (χ0) is 13.3. The number of aryl methyl sites for hydroxylation is 2. The van der Waals surface area contributed by atoms with Crippen LogP contribution in [-0.2, 0) is 16.0 Å². The smallest absolute Gasteiger partial charge is 0.232 e. The molecular weight excluding hydrogens is 230 g/mol. The minimum absolute atomic E-state index is 0.0311. The molecule has 0 bridgehead atoms. The maximum absolute atomic E-state index is 11.9. The third-order valence-electron chi connectivity index (χ3n) is 3.82. The molecule has 2 heterocycles. The molecule has 1 fully saturated rings. The number of amides is 2. The van der Waals surface area contributed by atoms with Crippen LogP contribution in [0.4, 0.5) is 0 Å². The second kappa shape index (κ2) is 4.92. The number of carbonyl (C=O) groups excluding carboxylic acids is 2. The summed E-state index contributed by atoms with van der Waals surface area (Å²) in [7, 11) is 0. The summed E-state index contributed by atoms with van der Waals surface area (Å²) in [5.41, 5.74) is 2.20. The maximum atomic E-state index is 11.9. The van der Waals surface area contributed by atoms with E-state index in [2.05, 4.69) is 10.2 Å². The Balaban J connectivity index is 1.89. The van der Waals surface area contributed by atoms with Crippen LogP contribution in [0.2, 0.25) is 0 Å². The monoisotopic (exact) mass is 249 g/mol. The Morgan fingerprint density at radius 3 is 2.39 bits per heavy atom. The molecule has 1 aliphatic rings. The Hall–Kier alpha value is -1.65. The van der Waals surface area contributed by atoms with Gasteiger partial charge in [-0.1, -0.05) is 13.8 Å². The van der Waals surface area contributed by atoms with Crippen molar-refractivity contribution in [3.05, 3.63) is 17.5 Å². The Kier molecular flexibility index (Phi) is 3.50. The lowest BCUT2D eigenvalue weighted by atomic mass is 10.00. The lowest BCUT2D eigenvalue weighted by Crippen LogP contribution is -2.32. The molecule has 2 rings (SSSR count). The fourth-order valence-corrected chi connectivity index (χ4v) is 2.30. The van der Waals surface area contributed by atoms with E-state index < -0.39 is 0 Å². The van der Waals surface area contributed by atoms with E-state index in [0.29, 0.717) is 6.54 Å². The number of rotatable bonds is 4. The molecule has 0 aliphatic carbocycles. The molecule has 2 atom stereocenters. The van der Waals surface area contributed by atoms with Gasteiger partial charge in [-0.2, -0.15) is 5.10 Å². The van der Waals surface area contributed by atoms with Gasteiger partial charge in [-0.3, -0.25) is 19.6 Å². The summed E-state index contributed by atoms with van der Waals surface area (Å²) in [5, 5.41) is 6.83. The number of likely N-dealkylation sites (tertiary alicyclic amines) is 1. The first-order valence-electron chi connectivity index (χ1n) is 6.36. The summed E-state index contributed by atoms with van der Waals surface area (Å²) in [6, 6.07) is 0. The Bertz CT molecular complexity index is 447. The highest BCUT2D eigenvalue weighted by Crippen LogP contribution is 2.25. The van der Waals surface area contributed by atoms with Gasteiger partial charge in [-0.25, -0.2) is 0 Å². The van der Waals surface area contributed by atoms with E-state index in [-0.39, 0.29) is 23.7 Å². The fourth-order valence-electron chi connectivity index (χ4n) is 2.30. The van der Waals surface area contributed by atoms with Crippen molar-refractivity contribution < 1.29 is 9.59 Å². The quantitative estimate of drug-likeness (QED) is 0.818. The summed E-state index contributed by atoms with van der Waals surface area (Å²) in [5.74, 6) is -0.408. The van der Waals surface area contributed by atoms with E-state index in [4.69, 9.17) is 0 Å².